The first-order valence-electron chi connectivity index (χ1n) is 21.9. The summed E-state index contributed by atoms with van der Waals surface area (Å²) in [5.74, 6) is -1.73. The largest absolute Gasteiger partial charge is 0.354 e. The van der Waals surface area contributed by atoms with Gasteiger partial charge in [-0.05, 0) is 88.2 Å². The van der Waals surface area contributed by atoms with Gasteiger partial charge in [0.25, 0.3) is 5.92 Å². The third-order valence-corrected chi connectivity index (χ3v) is 12.9. The average molecular weight is 840 g/mol. The average Bonchev–Trinajstić information content (AvgIpc) is 3.98. The van der Waals surface area contributed by atoms with Gasteiger partial charge in [0.1, 0.15) is 11.6 Å². The summed E-state index contributed by atoms with van der Waals surface area (Å²) >= 11 is 0. The van der Waals surface area contributed by atoms with Crippen molar-refractivity contribution < 1.29 is 8.78 Å². The van der Waals surface area contributed by atoms with Crippen LogP contribution < -0.4 is 0 Å². The van der Waals surface area contributed by atoms with Crippen LogP contribution in [0.4, 0.5) is 8.78 Å². The Balaban J connectivity index is 1.20. The number of aromatic amines is 1. The zero-order valence-corrected chi connectivity index (χ0v) is 36.7. The van der Waals surface area contributed by atoms with Crippen LogP contribution >= 0.6 is 0 Å². The highest BCUT2D eigenvalue weighted by Gasteiger charge is 2.35. The smallest absolute Gasteiger partial charge is 0.298 e. The molecule has 7 heteroatoms. The zero-order valence-electron chi connectivity index (χ0n) is 36.7. The second-order valence-corrected chi connectivity index (χ2v) is 19.0. The van der Waals surface area contributed by atoms with Crippen molar-refractivity contribution in [1.82, 2.24) is 24.1 Å². The molecule has 0 saturated carbocycles. The first kappa shape index (κ1) is 39.5. The molecule has 0 radical (unpaired) electrons. The second-order valence-electron chi connectivity index (χ2n) is 19.0. The summed E-state index contributed by atoms with van der Waals surface area (Å²) < 4.78 is 36.8. The van der Waals surface area contributed by atoms with Crippen molar-refractivity contribution in [2.45, 2.75) is 58.3 Å². The van der Waals surface area contributed by atoms with E-state index in [-0.39, 0.29) is 22.0 Å². The molecule has 7 aromatic carbocycles. The monoisotopic (exact) mass is 839 g/mol. The molecule has 0 fully saturated rings. The van der Waals surface area contributed by atoms with Crippen LogP contribution in [0.25, 0.3) is 88.7 Å². The van der Waals surface area contributed by atoms with Gasteiger partial charge < -0.3 is 4.98 Å². The van der Waals surface area contributed by atoms with E-state index in [9.17, 15) is 0 Å². The van der Waals surface area contributed by atoms with Gasteiger partial charge >= 0.3 is 0 Å². The van der Waals surface area contributed by atoms with Crippen LogP contribution in [-0.2, 0) is 16.8 Å². The van der Waals surface area contributed by atoms with E-state index in [2.05, 4.69) is 148 Å². The number of nitrogens with one attached hydrogen (secondary N) is 1. The van der Waals surface area contributed by atoms with Crippen LogP contribution in [0.1, 0.15) is 63.8 Å². The Morgan fingerprint density at radius 2 is 1.14 bits per heavy atom. The molecule has 4 heterocycles. The Labute approximate surface area is 370 Å². The summed E-state index contributed by atoms with van der Waals surface area (Å²) in [6.45, 7) is 13.4. The molecule has 11 aromatic rings. The van der Waals surface area contributed by atoms with E-state index in [4.69, 9.17) is 9.97 Å². The number of hydrogen-bond donors (Lipinski definition) is 1. The number of halogens is 2. The molecule has 0 unspecified atom stereocenters. The lowest BCUT2D eigenvalue weighted by Crippen LogP contribution is -2.15. The van der Waals surface area contributed by atoms with Gasteiger partial charge in [-0.25, -0.2) is 9.97 Å². The van der Waals surface area contributed by atoms with Crippen molar-refractivity contribution in [3.8, 4) is 34.0 Å². The third-order valence-electron chi connectivity index (χ3n) is 12.9. The Hall–Kier alpha value is -7.38. The molecule has 11 rings (SSSR count). The maximum Gasteiger partial charge on any atom is 0.298 e. The van der Waals surface area contributed by atoms with Gasteiger partial charge in [-0.3, -0.25) is 9.13 Å². The van der Waals surface area contributed by atoms with E-state index < -0.39 is 5.92 Å². The minimum atomic E-state index is -3.20. The molecule has 4 aromatic heterocycles. The summed E-state index contributed by atoms with van der Waals surface area (Å²) in [6.07, 6.45) is 1.74. The molecule has 1 N–H and O–H groups in total. The second kappa shape index (κ2) is 14.3. The lowest BCUT2D eigenvalue weighted by atomic mass is 9.84. The van der Waals surface area contributed by atoms with Gasteiger partial charge in [-0.15, -0.1) is 0 Å². The standard InChI is InChI=1S/C57H47F2N5/c1-55(2,3)36-23-26-40(27-24-36)63-50-34-39(56(4,5)6)32-46(53(50)62-54(63)45-19-14-18-44-41-17-10-11-20-47(41)61-52(44)45)35-22-28-42-43-29-25-38(57(58,59)37-15-8-7-9-16-37)33-49(43)64(48(42)31-35)51-21-12-13-30-60-51/h7-34,61H,1-6H3. The van der Waals surface area contributed by atoms with Gasteiger partial charge in [0, 0.05) is 61.2 Å². The molecular weight excluding hydrogens is 793 g/mol. The molecule has 0 spiro atoms. The molecule has 64 heavy (non-hydrogen) atoms. The predicted octanol–water partition coefficient (Wildman–Crippen LogP) is 15.2. The fourth-order valence-electron chi connectivity index (χ4n) is 9.37. The summed E-state index contributed by atoms with van der Waals surface area (Å²) in [5.41, 5.74) is 11.5. The number of H-pyrrole nitrogens is 1. The van der Waals surface area contributed by atoms with Gasteiger partial charge in [0.2, 0.25) is 0 Å². The van der Waals surface area contributed by atoms with E-state index in [1.165, 1.54) is 23.1 Å². The number of pyridine rings is 1. The van der Waals surface area contributed by atoms with Crippen molar-refractivity contribution in [2.24, 2.45) is 0 Å². The molecule has 0 amide bonds. The van der Waals surface area contributed by atoms with E-state index in [1.807, 2.05) is 28.8 Å². The van der Waals surface area contributed by atoms with Crippen LogP contribution in [0.15, 0.2) is 170 Å². The van der Waals surface area contributed by atoms with Crippen LogP contribution in [-0.4, -0.2) is 24.1 Å². The minimum absolute atomic E-state index is 0.0123. The third kappa shape index (κ3) is 6.32. The Morgan fingerprint density at radius 1 is 0.484 bits per heavy atom. The van der Waals surface area contributed by atoms with Gasteiger partial charge in [0.15, 0.2) is 0 Å². The van der Waals surface area contributed by atoms with Crippen LogP contribution in [0.3, 0.4) is 0 Å². The fourth-order valence-corrected chi connectivity index (χ4v) is 9.37. The number of para-hydroxylation sites is 2. The predicted molar refractivity (Wildman–Crippen MR) is 260 cm³/mol. The zero-order chi connectivity index (χ0) is 44.1. The highest BCUT2D eigenvalue weighted by molar-refractivity contribution is 6.13. The maximum atomic E-state index is 16.2. The number of alkyl halides is 2. The molecule has 0 saturated heterocycles. The van der Waals surface area contributed by atoms with Crippen LogP contribution in [0.5, 0.6) is 0 Å². The fraction of sp³-hybridized carbons (Fsp3) is 0.158. The summed E-state index contributed by atoms with van der Waals surface area (Å²) in [4.78, 5) is 14.2. The first-order chi connectivity index (χ1) is 30.8. The van der Waals surface area contributed by atoms with Gasteiger partial charge in [0.05, 0.1) is 27.6 Å². The first-order valence-corrected chi connectivity index (χ1v) is 21.9. The van der Waals surface area contributed by atoms with Crippen molar-refractivity contribution in [1.29, 1.82) is 0 Å². The minimum Gasteiger partial charge on any atom is -0.354 e. The molecule has 5 nitrogen and oxygen atoms in total. The molecule has 0 aliphatic rings. The number of imidazole rings is 1. The lowest BCUT2D eigenvalue weighted by molar-refractivity contribution is 0.0429. The molecule has 0 bridgehead atoms. The van der Waals surface area contributed by atoms with Crippen molar-refractivity contribution in [2.75, 3.05) is 0 Å². The summed E-state index contributed by atoms with van der Waals surface area (Å²) in [6, 6.07) is 53.5. The normalized spacial score (nSPS) is 12.7. The Morgan fingerprint density at radius 3 is 1.88 bits per heavy atom. The number of rotatable bonds is 6. The van der Waals surface area contributed by atoms with Crippen molar-refractivity contribution >= 4 is 54.6 Å². The Bertz CT molecular complexity index is 3580. The van der Waals surface area contributed by atoms with Crippen molar-refractivity contribution in [3.05, 3.63) is 192 Å². The maximum absolute atomic E-state index is 16.2. The number of aromatic nitrogens is 5. The van der Waals surface area contributed by atoms with Gasteiger partial charge in [-0.1, -0.05) is 145 Å². The molecule has 314 valence electrons. The van der Waals surface area contributed by atoms with E-state index in [0.717, 1.165) is 77.5 Å². The van der Waals surface area contributed by atoms with E-state index in [0.29, 0.717) is 11.3 Å². The Kier molecular flexibility index (Phi) is 8.83. The summed E-state index contributed by atoms with van der Waals surface area (Å²) in [7, 11) is 0. The molecular formula is C57H47F2N5. The van der Waals surface area contributed by atoms with E-state index >= 15 is 8.78 Å². The molecule has 0 aliphatic carbocycles. The number of hydrogen-bond acceptors (Lipinski definition) is 2. The number of nitrogens with zero attached hydrogens (tertiary/aromatic N) is 4. The number of fused-ring (bicyclic) bond motifs is 7. The summed E-state index contributed by atoms with van der Waals surface area (Å²) in [5, 5.41) is 4.12. The molecule has 0 atom stereocenters. The van der Waals surface area contributed by atoms with Gasteiger partial charge in [-0.2, -0.15) is 8.78 Å². The quantitative estimate of drug-likeness (QED) is 0.181. The lowest BCUT2D eigenvalue weighted by Gasteiger charge is -2.22. The van der Waals surface area contributed by atoms with Crippen LogP contribution in [0, 0.1) is 0 Å². The topological polar surface area (TPSA) is 51.4 Å². The van der Waals surface area contributed by atoms with Crippen LogP contribution in [0.2, 0.25) is 0 Å². The van der Waals surface area contributed by atoms with E-state index in [1.54, 1.807) is 36.5 Å². The SMILES string of the molecule is CC(C)(C)c1ccc(-n2c(-c3cccc4c3[nH]c3ccccc34)nc3c(-c4ccc5c6ccc(C(F)(F)c7ccccc7)cc6n(-c6ccccn6)c5c4)cc(C(C)(C)C)cc32)cc1. The number of benzene rings is 7. The highest BCUT2D eigenvalue weighted by atomic mass is 19.3. The van der Waals surface area contributed by atoms with Crippen molar-refractivity contribution in [3.63, 3.8) is 0 Å². The highest BCUT2D eigenvalue weighted by Crippen LogP contribution is 2.44. The molecule has 0 aliphatic heterocycles.